The highest BCUT2D eigenvalue weighted by atomic mass is 32.1. The molecule has 0 radical (unpaired) electrons. The summed E-state index contributed by atoms with van der Waals surface area (Å²) in [7, 11) is 0. The molecule has 0 bridgehead atoms. The first-order chi connectivity index (χ1) is 12.9. The average Bonchev–Trinajstić information content (AvgIpc) is 3.40. The standard InChI is InChI=1S/C19H18N4O2S/c1-2-5-14(6-3-1)17-15(13-22-8-11-24-12-9-22)23-19(20-17)26-18(21-23)16-7-4-10-25-16/h1-7,10H,8-9,11-13H2. The Labute approximate surface area is 154 Å². The summed E-state index contributed by atoms with van der Waals surface area (Å²) < 4.78 is 13.0. The van der Waals surface area contributed by atoms with E-state index in [1.54, 1.807) is 17.6 Å². The zero-order valence-corrected chi connectivity index (χ0v) is 15.0. The Morgan fingerprint density at radius 3 is 2.65 bits per heavy atom. The van der Waals surface area contributed by atoms with Crippen LogP contribution >= 0.6 is 11.3 Å². The van der Waals surface area contributed by atoms with Gasteiger partial charge in [0, 0.05) is 25.2 Å². The molecule has 4 aromatic rings. The van der Waals surface area contributed by atoms with Gasteiger partial charge in [-0.3, -0.25) is 4.90 Å². The van der Waals surface area contributed by atoms with E-state index in [9.17, 15) is 0 Å². The molecule has 0 aliphatic carbocycles. The van der Waals surface area contributed by atoms with Gasteiger partial charge in [-0.15, -0.1) is 0 Å². The molecule has 1 aliphatic heterocycles. The van der Waals surface area contributed by atoms with Gasteiger partial charge in [-0.1, -0.05) is 41.7 Å². The summed E-state index contributed by atoms with van der Waals surface area (Å²) in [5.74, 6) is 0.777. The first kappa shape index (κ1) is 15.7. The number of morpholine rings is 1. The maximum atomic E-state index is 5.50. The van der Waals surface area contributed by atoms with E-state index in [0.717, 1.165) is 65.5 Å². The van der Waals surface area contributed by atoms with Crippen LogP contribution in [0.1, 0.15) is 5.69 Å². The predicted molar refractivity (Wildman–Crippen MR) is 100 cm³/mol. The Hall–Kier alpha value is -2.48. The van der Waals surface area contributed by atoms with E-state index in [1.165, 1.54) is 0 Å². The minimum atomic E-state index is 0.775. The highest BCUT2D eigenvalue weighted by molar-refractivity contribution is 7.19. The van der Waals surface area contributed by atoms with Crippen molar-refractivity contribution in [3.8, 4) is 22.0 Å². The summed E-state index contributed by atoms with van der Waals surface area (Å²) in [5, 5.41) is 5.64. The van der Waals surface area contributed by atoms with Crippen LogP contribution in [0.15, 0.2) is 53.1 Å². The third-order valence-corrected chi connectivity index (χ3v) is 5.48. The summed E-state index contributed by atoms with van der Waals surface area (Å²) in [6.45, 7) is 4.21. The molecule has 0 N–H and O–H groups in total. The first-order valence-electron chi connectivity index (χ1n) is 8.66. The molecule has 6 nitrogen and oxygen atoms in total. The van der Waals surface area contributed by atoms with E-state index in [2.05, 4.69) is 17.0 Å². The molecule has 7 heteroatoms. The second-order valence-electron chi connectivity index (χ2n) is 6.24. The highest BCUT2D eigenvalue weighted by Crippen LogP contribution is 2.31. The second kappa shape index (κ2) is 6.68. The molecule has 5 rings (SSSR count). The maximum absolute atomic E-state index is 5.50. The van der Waals surface area contributed by atoms with Crippen LogP contribution in [0.4, 0.5) is 0 Å². The first-order valence-corrected chi connectivity index (χ1v) is 9.48. The lowest BCUT2D eigenvalue weighted by atomic mass is 10.1. The molecule has 0 saturated carbocycles. The third-order valence-electron chi connectivity index (χ3n) is 4.55. The average molecular weight is 366 g/mol. The molecule has 3 aromatic heterocycles. The minimum absolute atomic E-state index is 0.775. The highest BCUT2D eigenvalue weighted by Gasteiger charge is 2.22. The van der Waals surface area contributed by atoms with Crippen molar-refractivity contribution in [1.29, 1.82) is 0 Å². The topological polar surface area (TPSA) is 55.8 Å². The molecule has 0 atom stereocenters. The van der Waals surface area contributed by atoms with Crippen molar-refractivity contribution in [2.24, 2.45) is 0 Å². The van der Waals surface area contributed by atoms with Gasteiger partial charge in [0.1, 0.15) is 0 Å². The number of hydrogen-bond donors (Lipinski definition) is 0. The van der Waals surface area contributed by atoms with E-state index < -0.39 is 0 Å². The zero-order chi connectivity index (χ0) is 17.3. The Morgan fingerprint density at radius 1 is 1.04 bits per heavy atom. The van der Waals surface area contributed by atoms with Crippen molar-refractivity contribution in [1.82, 2.24) is 19.5 Å². The molecule has 0 spiro atoms. The Balaban J connectivity index is 1.61. The Bertz CT molecular complexity index is 1000. The van der Waals surface area contributed by atoms with Crippen LogP contribution in [0, 0.1) is 0 Å². The van der Waals surface area contributed by atoms with E-state index in [1.807, 2.05) is 34.8 Å². The van der Waals surface area contributed by atoms with Gasteiger partial charge in [-0.25, -0.2) is 9.50 Å². The lowest BCUT2D eigenvalue weighted by molar-refractivity contribution is 0.0335. The van der Waals surface area contributed by atoms with E-state index in [4.69, 9.17) is 19.2 Å². The SMILES string of the molecule is c1ccc(-c2nc3sc(-c4ccco4)nn3c2CN2CCOCC2)cc1. The van der Waals surface area contributed by atoms with Crippen LogP contribution < -0.4 is 0 Å². The normalized spacial score (nSPS) is 15.7. The fraction of sp³-hybridized carbons (Fsp3) is 0.263. The van der Waals surface area contributed by atoms with Crippen LogP contribution in [0.25, 0.3) is 27.0 Å². The molecule has 132 valence electrons. The van der Waals surface area contributed by atoms with Crippen molar-refractivity contribution in [3.63, 3.8) is 0 Å². The summed E-state index contributed by atoms with van der Waals surface area (Å²) in [5.41, 5.74) is 3.23. The van der Waals surface area contributed by atoms with Crippen molar-refractivity contribution in [3.05, 3.63) is 54.4 Å². The van der Waals surface area contributed by atoms with Gasteiger partial charge in [0.05, 0.1) is 30.9 Å². The van der Waals surface area contributed by atoms with Gasteiger partial charge in [0.25, 0.3) is 0 Å². The molecular formula is C19H18N4O2S. The fourth-order valence-electron chi connectivity index (χ4n) is 3.23. The van der Waals surface area contributed by atoms with Crippen LogP contribution in [0.3, 0.4) is 0 Å². The minimum Gasteiger partial charge on any atom is -0.462 e. The number of ether oxygens (including phenoxy) is 1. The molecule has 26 heavy (non-hydrogen) atoms. The Kier molecular flexibility index (Phi) is 4.05. The predicted octanol–water partition coefficient (Wildman–Crippen LogP) is 3.55. The molecule has 0 unspecified atom stereocenters. The monoisotopic (exact) mass is 366 g/mol. The van der Waals surface area contributed by atoms with Crippen LogP contribution in [0.5, 0.6) is 0 Å². The van der Waals surface area contributed by atoms with Gasteiger partial charge in [0.2, 0.25) is 4.96 Å². The van der Waals surface area contributed by atoms with Crippen molar-refractivity contribution in [2.75, 3.05) is 26.3 Å². The van der Waals surface area contributed by atoms with E-state index in [-0.39, 0.29) is 0 Å². The van der Waals surface area contributed by atoms with E-state index in [0.29, 0.717) is 0 Å². The molecule has 1 aliphatic rings. The lowest BCUT2D eigenvalue weighted by Crippen LogP contribution is -2.36. The zero-order valence-electron chi connectivity index (χ0n) is 14.2. The molecule has 1 saturated heterocycles. The third kappa shape index (κ3) is 2.84. The number of rotatable bonds is 4. The smallest absolute Gasteiger partial charge is 0.213 e. The van der Waals surface area contributed by atoms with Crippen molar-refractivity contribution in [2.45, 2.75) is 6.54 Å². The lowest BCUT2D eigenvalue weighted by Gasteiger charge is -2.26. The second-order valence-corrected chi connectivity index (χ2v) is 7.20. The number of hydrogen-bond acceptors (Lipinski definition) is 6. The largest absolute Gasteiger partial charge is 0.462 e. The quantitative estimate of drug-likeness (QED) is 0.553. The molecular weight excluding hydrogens is 348 g/mol. The van der Waals surface area contributed by atoms with Gasteiger partial charge in [-0.2, -0.15) is 5.10 Å². The molecule has 1 aromatic carbocycles. The number of imidazole rings is 1. The summed E-state index contributed by atoms with van der Waals surface area (Å²) >= 11 is 1.55. The van der Waals surface area contributed by atoms with Gasteiger partial charge in [-0.05, 0) is 12.1 Å². The summed E-state index contributed by atoms with van der Waals surface area (Å²) in [4.78, 5) is 8.18. The van der Waals surface area contributed by atoms with Gasteiger partial charge >= 0.3 is 0 Å². The van der Waals surface area contributed by atoms with Crippen LogP contribution in [-0.2, 0) is 11.3 Å². The van der Waals surface area contributed by atoms with Gasteiger partial charge < -0.3 is 9.15 Å². The molecule has 1 fully saturated rings. The number of benzene rings is 1. The maximum Gasteiger partial charge on any atom is 0.213 e. The number of fused-ring (bicyclic) bond motifs is 1. The summed E-state index contributed by atoms with van der Waals surface area (Å²) in [6.07, 6.45) is 1.67. The van der Waals surface area contributed by atoms with Crippen molar-refractivity contribution >= 4 is 16.3 Å². The van der Waals surface area contributed by atoms with E-state index >= 15 is 0 Å². The number of nitrogens with zero attached hydrogens (tertiary/aromatic N) is 4. The number of aromatic nitrogens is 3. The molecule has 4 heterocycles. The van der Waals surface area contributed by atoms with Crippen LogP contribution in [-0.4, -0.2) is 45.8 Å². The Morgan fingerprint density at radius 2 is 1.88 bits per heavy atom. The fourth-order valence-corrected chi connectivity index (χ4v) is 4.12. The number of furan rings is 1. The van der Waals surface area contributed by atoms with Gasteiger partial charge in [0.15, 0.2) is 10.8 Å². The molecule has 0 amide bonds. The van der Waals surface area contributed by atoms with Crippen molar-refractivity contribution < 1.29 is 9.15 Å². The van der Waals surface area contributed by atoms with Crippen LogP contribution in [0.2, 0.25) is 0 Å². The summed E-state index contributed by atoms with van der Waals surface area (Å²) in [6, 6.07) is 14.1.